The Morgan fingerprint density at radius 1 is 1.37 bits per heavy atom. The summed E-state index contributed by atoms with van der Waals surface area (Å²) in [4.78, 5) is 22.6. The summed E-state index contributed by atoms with van der Waals surface area (Å²) in [6.45, 7) is 0. The van der Waals surface area contributed by atoms with Gasteiger partial charge in [0.05, 0.1) is 10.5 Å². The zero-order valence-corrected chi connectivity index (χ0v) is 10.8. The average Bonchev–Trinajstić information content (AvgIpc) is 2.90. The first-order valence-corrected chi connectivity index (χ1v) is 6.39. The molecule has 1 aromatic carbocycles. The van der Waals surface area contributed by atoms with Crippen molar-refractivity contribution in [3.63, 3.8) is 0 Å². The van der Waals surface area contributed by atoms with Crippen LogP contribution in [-0.2, 0) is 0 Å². The zero-order chi connectivity index (χ0) is 13.8. The monoisotopic (exact) mass is 263 g/mol. The molecular weight excluding hydrogens is 246 g/mol. The molecule has 1 aliphatic rings. The highest BCUT2D eigenvalue weighted by molar-refractivity contribution is 6.01. The number of nitro benzene ring substituents is 1. The molecule has 2 rings (SSSR count). The summed E-state index contributed by atoms with van der Waals surface area (Å²) in [7, 11) is 1.58. The minimum absolute atomic E-state index is 0.0819. The van der Waals surface area contributed by atoms with E-state index in [1.165, 1.54) is 12.1 Å². The number of nitrogens with zero attached hydrogens (tertiary/aromatic N) is 1. The fourth-order valence-electron chi connectivity index (χ4n) is 2.48. The molecule has 0 bridgehead atoms. The minimum atomic E-state index is -0.488. The SMILES string of the molecule is CNc1c(C(=O)NC2CCCC2)cccc1[N+](=O)[O-]. The lowest BCUT2D eigenvalue weighted by molar-refractivity contribution is -0.384. The van der Waals surface area contributed by atoms with Crippen molar-refractivity contribution in [2.45, 2.75) is 31.7 Å². The highest BCUT2D eigenvalue weighted by Crippen LogP contribution is 2.28. The van der Waals surface area contributed by atoms with Gasteiger partial charge in [0, 0.05) is 19.2 Å². The van der Waals surface area contributed by atoms with Gasteiger partial charge in [-0.05, 0) is 18.9 Å². The van der Waals surface area contributed by atoms with Crippen LogP contribution in [0.3, 0.4) is 0 Å². The van der Waals surface area contributed by atoms with Gasteiger partial charge in [-0.2, -0.15) is 0 Å². The molecule has 0 atom stereocenters. The third-order valence-corrected chi connectivity index (χ3v) is 3.42. The third kappa shape index (κ3) is 2.83. The molecule has 2 N–H and O–H groups in total. The fourth-order valence-corrected chi connectivity index (χ4v) is 2.48. The van der Waals surface area contributed by atoms with Gasteiger partial charge >= 0.3 is 0 Å². The van der Waals surface area contributed by atoms with Crippen LogP contribution >= 0.6 is 0 Å². The van der Waals surface area contributed by atoms with Gasteiger partial charge in [0.1, 0.15) is 5.69 Å². The van der Waals surface area contributed by atoms with Crippen LogP contribution < -0.4 is 10.6 Å². The summed E-state index contributed by atoms with van der Waals surface area (Å²) in [5.74, 6) is -0.250. The Balaban J connectivity index is 2.25. The van der Waals surface area contributed by atoms with E-state index in [0.717, 1.165) is 25.7 Å². The van der Waals surface area contributed by atoms with Crippen molar-refractivity contribution in [2.24, 2.45) is 0 Å². The fraction of sp³-hybridized carbons (Fsp3) is 0.462. The number of nitro groups is 1. The summed E-state index contributed by atoms with van der Waals surface area (Å²) in [6.07, 6.45) is 4.21. The molecule has 1 fully saturated rings. The quantitative estimate of drug-likeness (QED) is 0.645. The normalized spacial score (nSPS) is 15.2. The van der Waals surface area contributed by atoms with Crippen molar-refractivity contribution in [3.8, 4) is 0 Å². The first kappa shape index (κ1) is 13.3. The Kier molecular flexibility index (Phi) is 3.99. The van der Waals surface area contributed by atoms with E-state index >= 15 is 0 Å². The number of hydrogen-bond donors (Lipinski definition) is 2. The van der Waals surface area contributed by atoms with Crippen molar-refractivity contribution in [3.05, 3.63) is 33.9 Å². The Labute approximate surface area is 111 Å². The highest BCUT2D eigenvalue weighted by atomic mass is 16.6. The number of para-hydroxylation sites is 1. The predicted octanol–water partition coefficient (Wildman–Crippen LogP) is 2.31. The Morgan fingerprint density at radius 2 is 2.05 bits per heavy atom. The molecule has 1 amide bonds. The van der Waals surface area contributed by atoms with Crippen LogP contribution in [0.15, 0.2) is 18.2 Å². The van der Waals surface area contributed by atoms with Crippen molar-refractivity contribution >= 4 is 17.3 Å². The Morgan fingerprint density at radius 3 is 2.63 bits per heavy atom. The van der Waals surface area contributed by atoms with E-state index in [-0.39, 0.29) is 23.3 Å². The maximum absolute atomic E-state index is 12.2. The van der Waals surface area contributed by atoms with Crippen LogP contribution in [0.5, 0.6) is 0 Å². The maximum Gasteiger partial charge on any atom is 0.293 e. The molecule has 1 aromatic rings. The van der Waals surface area contributed by atoms with E-state index in [2.05, 4.69) is 10.6 Å². The molecule has 102 valence electrons. The molecule has 6 nitrogen and oxygen atoms in total. The molecule has 1 aliphatic carbocycles. The smallest absolute Gasteiger partial charge is 0.293 e. The van der Waals surface area contributed by atoms with E-state index in [4.69, 9.17) is 0 Å². The first-order valence-electron chi connectivity index (χ1n) is 6.39. The highest BCUT2D eigenvalue weighted by Gasteiger charge is 2.23. The molecule has 1 saturated carbocycles. The van der Waals surface area contributed by atoms with Crippen LogP contribution in [0.25, 0.3) is 0 Å². The van der Waals surface area contributed by atoms with E-state index in [0.29, 0.717) is 5.56 Å². The van der Waals surface area contributed by atoms with Crippen LogP contribution in [-0.4, -0.2) is 23.9 Å². The molecule has 19 heavy (non-hydrogen) atoms. The molecule has 6 heteroatoms. The molecule has 0 aliphatic heterocycles. The molecule has 0 aromatic heterocycles. The largest absolute Gasteiger partial charge is 0.382 e. The Bertz CT molecular complexity index is 496. The van der Waals surface area contributed by atoms with Crippen LogP contribution in [0.2, 0.25) is 0 Å². The summed E-state index contributed by atoms with van der Waals surface area (Å²) in [6, 6.07) is 4.71. The number of nitrogens with one attached hydrogen (secondary N) is 2. The van der Waals surface area contributed by atoms with E-state index in [9.17, 15) is 14.9 Å². The number of rotatable bonds is 4. The predicted molar refractivity (Wildman–Crippen MR) is 72.4 cm³/mol. The number of hydrogen-bond acceptors (Lipinski definition) is 4. The van der Waals surface area contributed by atoms with Gasteiger partial charge in [-0.1, -0.05) is 18.9 Å². The molecule has 0 spiro atoms. The second-order valence-electron chi connectivity index (χ2n) is 4.66. The van der Waals surface area contributed by atoms with Crippen LogP contribution in [0.1, 0.15) is 36.0 Å². The van der Waals surface area contributed by atoms with E-state index in [1.54, 1.807) is 13.1 Å². The molecule has 0 heterocycles. The summed E-state index contributed by atoms with van der Waals surface area (Å²) < 4.78 is 0. The topological polar surface area (TPSA) is 84.3 Å². The van der Waals surface area contributed by atoms with Gasteiger partial charge in [-0.25, -0.2) is 0 Å². The minimum Gasteiger partial charge on any atom is -0.382 e. The molecule has 0 saturated heterocycles. The summed E-state index contributed by atoms with van der Waals surface area (Å²) in [5, 5.41) is 16.6. The Hall–Kier alpha value is -2.11. The standard InChI is InChI=1S/C13H17N3O3/c1-14-12-10(7-4-8-11(12)16(18)19)13(17)15-9-5-2-3-6-9/h4,7-9,14H,2-3,5-6H2,1H3,(H,15,17). The van der Waals surface area contributed by atoms with Gasteiger partial charge in [-0.15, -0.1) is 0 Å². The lowest BCUT2D eigenvalue weighted by Gasteiger charge is -2.14. The van der Waals surface area contributed by atoms with Crippen LogP contribution in [0, 0.1) is 10.1 Å². The average molecular weight is 263 g/mol. The van der Waals surface area contributed by atoms with Gasteiger partial charge in [0.15, 0.2) is 0 Å². The van der Waals surface area contributed by atoms with Gasteiger partial charge in [0.2, 0.25) is 0 Å². The molecule has 0 radical (unpaired) electrons. The number of amides is 1. The lowest BCUT2D eigenvalue weighted by Crippen LogP contribution is -2.33. The number of anilines is 1. The number of carbonyl (C=O) groups is 1. The lowest BCUT2D eigenvalue weighted by atomic mass is 10.1. The third-order valence-electron chi connectivity index (χ3n) is 3.42. The first-order chi connectivity index (χ1) is 9.13. The van der Waals surface area contributed by atoms with E-state index < -0.39 is 4.92 Å². The van der Waals surface area contributed by atoms with Crippen molar-refractivity contribution in [1.82, 2.24) is 5.32 Å². The van der Waals surface area contributed by atoms with Gasteiger partial charge in [0.25, 0.3) is 11.6 Å². The molecular formula is C13H17N3O3. The second kappa shape index (κ2) is 5.69. The second-order valence-corrected chi connectivity index (χ2v) is 4.66. The van der Waals surface area contributed by atoms with E-state index in [1.807, 2.05) is 0 Å². The number of benzene rings is 1. The number of carbonyl (C=O) groups excluding carboxylic acids is 1. The van der Waals surface area contributed by atoms with Crippen molar-refractivity contribution < 1.29 is 9.72 Å². The summed E-state index contributed by atoms with van der Waals surface area (Å²) in [5.41, 5.74) is 0.508. The van der Waals surface area contributed by atoms with Gasteiger partial charge in [-0.3, -0.25) is 14.9 Å². The maximum atomic E-state index is 12.2. The van der Waals surface area contributed by atoms with Crippen molar-refractivity contribution in [2.75, 3.05) is 12.4 Å². The molecule has 0 unspecified atom stereocenters. The van der Waals surface area contributed by atoms with Gasteiger partial charge < -0.3 is 10.6 Å². The zero-order valence-electron chi connectivity index (χ0n) is 10.8. The van der Waals surface area contributed by atoms with Crippen LogP contribution in [0.4, 0.5) is 11.4 Å². The van der Waals surface area contributed by atoms with Crippen molar-refractivity contribution in [1.29, 1.82) is 0 Å². The summed E-state index contributed by atoms with van der Waals surface area (Å²) >= 11 is 0.